The van der Waals surface area contributed by atoms with Gasteiger partial charge in [0.15, 0.2) is 5.13 Å². The van der Waals surface area contributed by atoms with Crippen LogP contribution in [0.1, 0.15) is 25.3 Å². The first kappa shape index (κ1) is 18.1. The van der Waals surface area contributed by atoms with Gasteiger partial charge in [0, 0.05) is 17.4 Å². The molecule has 0 atom stereocenters. The molecule has 3 rings (SSSR count). The van der Waals surface area contributed by atoms with Crippen molar-refractivity contribution in [3.63, 3.8) is 0 Å². The number of hydrogen-bond acceptors (Lipinski definition) is 4. The van der Waals surface area contributed by atoms with Crippen LogP contribution in [0.4, 0.5) is 5.13 Å². The molecular weight excluding hydrogens is 344 g/mol. The summed E-state index contributed by atoms with van der Waals surface area (Å²) in [6.45, 7) is 2.64. The zero-order chi connectivity index (χ0) is 18.2. The van der Waals surface area contributed by atoms with Gasteiger partial charge in [-0.3, -0.25) is 4.79 Å². The fraction of sp³-hybridized carbons (Fsp3) is 0.238. The molecular formula is C21H22N2O2S. The number of hydrogen-bond donors (Lipinski definition) is 1. The SMILES string of the molecule is CCc1ccc(OCCCC(=O)Nc2nc(-c3ccccc3)cs2)cc1. The van der Waals surface area contributed by atoms with Gasteiger partial charge in [-0.2, -0.15) is 0 Å². The summed E-state index contributed by atoms with van der Waals surface area (Å²) in [6, 6.07) is 18.0. The highest BCUT2D eigenvalue weighted by molar-refractivity contribution is 7.14. The van der Waals surface area contributed by atoms with Crippen LogP contribution < -0.4 is 10.1 Å². The van der Waals surface area contributed by atoms with E-state index in [0.717, 1.165) is 23.4 Å². The van der Waals surface area contributed by atoms with Gasteiger partial charge in [0.1, 0.15) is 5.75 Å². The lowest BCUT2D eigenvalue weighted by atomic mass is 10.2. The predicted molar refractivity (Wildman–Crippen MR) is 107 cm³/mol. The number of carbonyl (C=O) groups is 1. The molecule has 0 fully saturated rings. The normalized spacial score (nSPS) is 10.5. The molecule has 0 aliphatic carbocycles. The first-order chi connectivity index (χ1) is 12.7. The highest BCUT2D eigenvalue weighted by Gasteiger charge is 2.08. The van der Waals surface area contributed by atoms with Gasteiger partial charge in [0.2, 0.25) is 5.91 Å². The Bertz CT molecular complexity index is 829. The van der Waals surface area contributed by atoms with E-state index in [1.807, 2.05) is 47.8 Å². The molecule has 0 bridgehead atoms. The fourth-order valence-corrected chi connectivity index (χ4v) is 3.23. The number of aromatic nitrogens is 1. The van der Waals surface area contributed by atoms with Gasteiger partial charge in [0.05, 0.1) is 12.3 Å². The monoisotopic (exact) mass is 366 g/mol. The maximum Gasteiger partial charge on any atom is 0.226 e. The van der Waals surface area contributed by atoms with Crippen molar-refractivity contribution in [3.8, 4) is 17.0 Å². The van der Waals surface area contributed by atoms with Gasteiger partial charge in [0.25, 0.3) is 0 Å². The van der Waals surface area contributed by atoms with Crippen LogP contribution in [-0.4, -0.2) is 17.5 Å². The minimum atomic E-state index is -0.0381. The van der Waals surface area contributed by atoms with E-state index in [9.17, 15) is 4.79 Å². The third-order valence-corrected chi connectivity index (χ3v) is 4.73. The van der Waals surface area contributed by atoms with Gasteiger partial charge >= 0.3 is 0 Å². The molecule has 0 aliphatic heterocycles. The van der Waals surface area contributed by atoms with Gasteiger partial charge in [-0.25, -0.2) is 4.98 Å². The number of amides is 1. The van der Waals surface area contributed by atoms with E-state index in [1.165, 1.54) is 16.9 Å². The summed E-state index contributed by atoms with van der Waals surface area (Å²) < 4.78 is 5.68. The largest absolute Gasteiger partial charge is 0.494 e. The lowest BCUT2D eigenvalue weighted by molar-refractivity contribution is -0.116. The molecule has 1 aromatic heterocycles. The highest BCUT2D eigenvalue weighted by atomic mass is 32.1. The molecule has 0 saturated carbocycles. The van der Waals surface area contributed by atoms with Crippen LogP contribution in [-0.2, 0) is 11.2 Å². The Hall–Kier alpha value is -2.66. The number of rotatable bonds is 8. The summed E-state index contributed by atoms with van der Waals surface area (Å²) in [5.74, 6) is 0.805. The van der Waals surface area contributed by atoms with Crippen LogP contribution in [0.3, 0.4) is 0 Å². The maximum atomic E-state index is 12.1. The van der Waals surface area contributed by atoms with Crippen molar-refractivity contribution in [3.05, 3.63) is 65.5 Å². The van der Waals surface area contributed by atoms with Gasteiger partial charge in [-0.15, -0.1) is 11.3 Å². The van der Waals surface area contributed by atoms with Crippen LogP contribution in [0, 0.1) is 0 Å². The predicted octanol–water partition coefficient (Wildman–Crippen LogP) is 5.17. The molecule has 26 heavy (non-hydrogen) atoms. The maximum absolute atomic E-state index is 12.1. The van der Waals surface area contributed by atoms with E-state index in [1.54, 1.807) is 0 Å². The number of benzene rings is 2. The van der Waals surface area contributed by atoms with Crippen molar-refractivity contribution in [1.29, 1.82) is 0 Å². The lowest BCUT2D eigenvalue weighted by Gasteiger charge is -2.06. The Balaban J connectivity index is 1.41. The minimum absolute atomic E-state index is 0.0381. The van der Waals surface area contributed by atoms with Crippen LogP contribution in [0.25, 0.3) is 11.3 Å². The van der Waals surface area contributed by atoms with Gasteiger partial charge in [-0.05, 0) is 30.5 Å². The molecule has 5 heteroatoms. The van der Waals surface area contributed by atoms with E-state index in [-0.39, 0.29) is 5.91 Å². The highest BCUT2D eigenvalue weighted by Crippen LogP contribution is 2.24. The average molecular weight is 366 g/mol. The molecule has 0 aliphatic rings. The molecule has 0 unspecified atom stereocenters. The molecule has 134 valence electrons. The Labute approximate surface area is 157 Å². The summed E-state index contributed by atoms with van der Waals surface area (Å²) in [5.41, 5.74) is 3.21. The molecule has 1 amide bonds. The smallest absolute Gasteiger partial charge is 0.226 e. The van der Waals surface area contributed by atoms with Crippen molar-refractivity contribution in [1.82, 2.24) is 4.98 Å². The van der Waals surface area contributed by atoms with Crippen molar-refractivity contribution >= 4 is 22.4 Å². The molecule has 1 heterocycles. The quantitative estimate of drug-likeness (QED) is 0.560. The number of nitrogens with one attached hydrogen (secondary N) is 1. The summed E-state index contributed by atoms with van der Waals surface area (Å²) in [5, 5.41) is 5.44. The number of nitrogens with zero attached hydrogens (tertiary/aromatic N) is 1. The lowest BCUT2D eigenvalue weighted by Crippen LogP contribution is -2.12. The Morgan fingerprint density at radius 2 is 1.88 bits per heavy atom. The molecule has 2 aromatic carbocycles. The molecule has 0 spiro atoms. The molecule has 1 N–H and O–H groups in total. The molecule has 0 saturated heterocycles. The van der Waals surface area contributed by atoms with E-state index >= 15 is 0 Å². The van der Waals surface area contributed by atoms with Crippen molar-refractivity contribution in [2.75, 3.05) is 11.9 Å². The Morgan fingerprint density at radius 1 is 1.12 bits per heavy atom. The van der Waals surface area contributed by atoms with Gasteiger partial charge < -0.3 is 10.1 Å². The minimum Gasteiger partial charge on any atom is -0.494 e. The van der Waals surface area contributed by atoms with Crippen molar-refractivity contribution < 1.29 is 9.53 Å². The first-order valence-electron chi connectivity index (χ1n) is 8.77. The molecule has 4 nitrogen and oxygen atoms in total. The van der Waals surface area contributed by atoms with Crippen LogP contribution in [0.15, 0.2) is 60.0 Å². The average Bonchev–Trinajstić information content (AvgIpc) is 3.15. The van der Waals surface area contributed by atoms with Crippen molar-refractivity contribution in [2.45, 2.75) is 26.2 Å². The second-order valence-corrected chi connectivity index (χ2v) is 6.76. The van der Waals surface area contributed by atoms with Crippen LogP contribution in [0.5, 0.6) is 5.75 Å². The van der Waals surface area contributed by atoms with E-state index in [0.29, 0.717) is 24.6 Å². The third-order valence-electron chi connectivity index (χ3n) is 3.97. The van der Waals surface area contributed by atoms with E-state index in [4.69, 9.17) is 4.74 Å². The summed E-state index contributed by atoms with van der Waals surface area (Å²) in [4.78, 5) is 16.5. The topological polar surface area (TPSA) is 51.2 Å². The number of ether oxygens (including phenoxy) is 1. The van der Waals surface area contributed by atoms with Crippen LogP contribution >= 0.6 is 11.3 Å². The summed E-state index contributed by atoms with van der Waals surface area (Å²) in [7, 11) is 0. The first-order valence-corrected chi connectivity index (χ1v) is 9.65. The molecule has 3 aromatic rings. The van der Waals surface area contributed by atoms with Crippen LogP contribution in [0.2, 0.25) is 0 Å². The second-order valence-electron chi connectivity index (χ2n) is 5.90. The third kappa shape index (κ3) is 5.17. The summed E-state index contributed by atoms with van der Waals surface area (Å²) in [6.07, 6.45) is 2.09. The summed E-state index contributed by atoms with van der Waals surface area (Å²) >= 11 is 1.44. The second kappa shape index (κ2) is 9.15. The van der Waals surface area contributed by atoms with E-state index in [2.05, 4.69) is 29.4 Å². The van der Waals surface area contributed by atoms with E-state index < -0.39 is 0 Å². The number of thiazole rings is 1. The zero-order valence-electron chi connectivity index (χ0n) is 14.8. The fourth-order valence-electron chi connectivity index (χ4n) is 2.50. The van der Waals surface area contributed by atoms with Crippen molar-refractivity contribution in [2.24, 2.45) is 0 Å². The Morgan fingerprint density at radius 3 is 2.62 bits per heavy atom. The van der Waals surface area contributed by atoms with Gasteiger partial charge in [-0.1, -0.05) is 49.4 Å². The Kier molecular flexibility index (Phi) is 6.39. The number of aryl methyl sites for hydroxylation is 1. The number of carbonyl (C=O) groups excluding carboxylic acids is 1. The standard InChI is InChI=1S/C21H22N2O2S/c1-2-16-10-12-18(13-11-16)25-14-6-9-20(24)23-21-22-19(15-26-21)17-7-4-3-5-8-17/h3-5,7-8,10-13,15H,2,6,9,14H2,1H3,(H,22,23,24). The zero-order valence-corrected chi connectivity index (χ0v) is 15.6. The number of anilines is 1. The molecule has 0 radical (unpaired) electrons.